The van der Waals surface area contributed by atoms with Crippen molar-refractivity contribution < 1.29 is 0 Å². The molecule has 0 saturated heterocycles. The van der Waals surface area contributed by atoms with Gasteiger partial charge in [0.25, 0.3) is 0 Å². The van der Waals surface area contributed by atoms with Crippen LogP contribution in [0.5, 0.6) is 0 Å². The highest BCUT2D eigenvalue weighted by Crippen LogP contribution is 2.41. The molecule has 3 nitrogen and oxygen atoms in total. The molecule has 0 aromatic heterocycles. The average molecular weight is 283 g/mol. The Morgan fingerprint density at radius 1 is 1.26 bits per heavy atom. The maximum Gasteiger partial charge on any atom is 0.156 e. The van der Waals surface area contributed by atoms with Crippen molar-refractivity contribution in [2.24, 2.45) is 10.4 Å². The van der Waals surface area contributed by atoms with Gasteiger partial charge in [0.05, 0.1) is 0 Å². The molecule has 0 aromatic rings. The first-order valence-electron chi connectivity index (χ1n) is 7.52. The van der Waals surface area contributed by atoms with Gasteiger partial charge in [0, 0.05) is 24.4 Å². The van der Waals surface area contributed by atoms with Gasteiger partial charge >= 0.3 is 0 Å². The summed E-state index contributed by atoms with van der Waals surface area (Å²) in [5, 5.41) is 4.69. The Morgan fingerprint density at radius 2 is 1.95 bits per heavy atom. The number of nitrogens with zero attached hydrogens (tertiary/aromatic N) is 2. The van der Waals surface area contributed by atoms with E-state index in [2.05, 4.69) is 38.2 Å². The molecule has 0 unspecified atom stereocenters. The highest BCUT2D eigenvalue weighted by atomic mass is 32.2. The molecule has 0 aromatic carbocycles. The molecule has 1 N–H and O–H groups in total. The van der Waals surface area contributed by atoms with Gasteiger partial charge in [-0.05, 0) is 46.2 Å². The quantitative estimate of drug-likeness (QED) is 0.863. The summed E-state index contributed by atoms with van der Waals surface area (Å²) in [7, 11) is 4.27. The molecule has 2 aliphatic rings. The summed E-state index contributed by atoms with van der Waals surface area (Å²) >= 11 is 1.94. The second kappa shape index (κ2) is 6.04. The van der Waals surface area contributed by atoms with E-state index in [4.69, 9.17) is 4.99 Å². The number of amidine groups is 1. The van der Waals surface area contributed by atoms with E-state index >= 15 is 0 Å². The first kappa shape index (κ1) is 15.2. The third-order valence-electron chi connectivity index (χ3n) is 4.87. The topological polar surface area (TPSA) is 27.6 Å². The van der Waals surface area contributed by atoms with Crippen molar-refractivity contribution in [2.45, 2.75) is 51.5 Å². The van der Waals surface area contributed by atoms with E-state index in [9.17, 15) is 0 Å². The van der Waals surface area contributed by atoms with Crippen LogP contribution in [0, 0.1) is 5.41 Å². The average Bonchev–Trinajstić information content (AvgIpc) is 2.39. The SMILES string of the molecule is CN(C)C(C)(C)CNC1=NCC2(CCCCC2)CS1. The lowest BCUT2D eigenvalue weighted by atomic mass is 9.75. The van der Waals surface area contributed by atoms with Crippen LogP contribution in [0.4, 0.5) is 0 Å². The number of hydrogen-bond donors (Lipinski definition) is 1. The van der Waals surface area contributed by atoms with Gasteiger partial charge in [-0.2, -0.15) is 0 Å². The Balaban J connectivity index is 1.84. The molecule has 2 rings (SSSR count). The van der Waals surface area contributed by atoms with Gasteiger partial charge in [-0.25, -0.2) is 0 Å². The number of likely N-dealkylation sites (N-methyl/N-ethyl adjacent to an activating group) is 1. The van der Waals surface area contributed by atoms with Crippen molar-refractivity contribution in [3.05, 3.63) is 0 Å². The molecule has 0 bridgehead atoms. The third-order valence-corrected chi connectivity index (χ3v) is 6.17. The fourth-order valence-corrected chi connectivity index (χ4v) is 3.87. The minimum absolute atomic E-state index is 0.170. The van der Waals surface area contributed by atoms with E-state index < -0.39 is 0 Å². The predicted molar refractivity (Wildman–Crippen MR) is 86.0 cm³/mol. The van der Waals surface area contributed by atoms with E-state index in [1.54, 1.807) is 0 Å². The van der Waals surface area contributed by atoms with Crippen LogP contribution >= 0.6 is 11.8 Å². The molecule has 0 radical (unpaired) electrons. The lowest BCUT2D eigenvalue weighted by molar-refractivity contribution is 0.197. The van der Waals surface area contributed by atoms with Crippen LogP contribution in [0.1, 0.15) is 46.0 Å². The molecule has 1 saturated carbocycles. The standard InChI is InChI=1S/C15H29N3S/c1-14(2,18(3)4)10-16-13-17-11-15(12-19-13)8-6-5-7-9-15/h5-12H2,1-4H3,(H,16,17). The smallest absolute Gasteiger partial charge is 0.156 e. The zero-order valence-electron chi connectivity index (χ0n) is 13.0. The van der Waals surface area contributed by atoms with Crippen LogP contribution in [0.2, 0.25) is 0 Å². The van der Waals surface area contributed by atoms with Crippen LogP contribution in [0.3, 0.4) is 0 Å². The van der Waals surface area contributed by atoms with Crippen LogP contribution in [0.15, 0.2) is 4.99 Å². The molecular formula is C15H29N3S. The van der Waals surface area contributed by atoms with Crippen LogP contribution in [-0.4, -0.2) is 48.5 Å². The maximum absolute atomic E-state index is 4.82. The molecule has 0 atom stereocenters. The monoisotopic (exact) mass is 283 g/mol. The summed E-state index contributed by atoms with van der Waals surface area (Å²) in [5.74, 6) is 1.27. The van der Waals surface area contributed by atoms with Crippen molar-refractivity contribution >= 4 is 16.9 Å². The normalized spacial score (nSPS) is 23.5. The minimum Gasteiger partial charge on any atom is -0.363 e. The molecule has 1 spiro atoms. The molecular weight excluding hydrogens is 254 g/mol. The van der Waals surface area contributed by atoms with E-state index in [-0.39, 0.29) is 5.54 Å². The first-order valence-corrected chi connectivity index (χ1v) is 8.51. The minimum atomic E-state index is 0.170. The lowest BCUT2D eigenvalue weighted by Crippen LogP contribution is -2.48. The van der Waals surface area contributed by atoms with Gasteiger partial charge in [0.15, 0.2) is 5.17 Å². The zero-order chi connectivity index (χ0) is 13.9. The molecule has 110 valence electrons. The van der Waals surface area contributed by atoms with Gasteiger partial charge in [-0.15, -0.1) is 0 Å². The number of thioether (sulfide) groups is 1. The first-order chi connectivity index (χ1) is 8.94. The molecule has 4 heteroatoms. The summed E-state index contributed by atoms with van der Waals surface area (Å²) in [6, 6.07) is 0. The summed E-state index contributed by atoms with van der Waals surface area (Å²) in [6.07, 6.45) is 7.03. The van der Waals surface area contributed by atoms with Crippen molar-refractivity contribution in [3.8, 4) is 0 Å². The lowest BCUT2D eigenvalue weighted by Gasteiger charge is -2.39. The van der Waals surface area contributed by atoms with E-state index in [0.717, 1.165) is 18.3 Å². The molecule has 0 amide bonds. The summed E-state index contributed by atoms with van der Waals surface area (Å²) < 4.78 is 0. The third kappa shape index (κ3) is 3.88. The van der Waals surface area contributed by atoms with Crippen LogP contribution < -0.4 is 5.32 Å². The van der Waals surface area contributed by atoms with Gasteiger partial charge in [0.2, 0.25) is 0 Å². The van der Waals surface area contributed by atoms with Crippen molar-refractivity contribution in [3.63, 3.8) is 0 Å². The molecule has 1 heterocycles. The van der Waals surface area contributed by atoms with E-state index in [1.165, 1.54) is 37.9 Å². The fraction of sp³-hybridized carbons (Fsp3) is 0.933. The Bertz CT molecular complexity index is 330. The van der Waals surface area contributed by atoms with Crippen molar-refractivity contribution in [2.75, 3.05) is 32.9 Å². The Labute approximate surface area is 122 Å². The van der Waals surface area contributed by atoms with Gasteiger partial charge < -0.3 is 10.2 Å². The van der Waals surface area contributed by atoms with Gasteiger partial charge in [-0.3, -0.25) is 4.99 Å². The number of rotatable bonds is 3. The number of nitrogens with one attached hydrogen (secondary N) is 1. The highest BCUT2D eigenvalue weighted by molar-refractivity contribution is 8.13. The Hall–Kier alpha value is -0.220. The number of hydrogen-bond acceptors (Lipinski definition) is 4. The summed E-state index contributed by atoms with van der Waals surface area (Å²) in [5.41, 5.74) is 0.703. The maximum atomic E-state index is 4.82. The Morgan fingerprint density at radius 3 is 2.47 bits per heavy atom. The van der Waals surface area contributed by atoms with Crippen molar-refractivity contribution in [1.29, 1.82) is 0 Å². The summed E-state index contributed by atoms with van der Waals surface area (Å²) in [4.78, 5) is 7.08. The van der Waals surface area contributed by atoms with E-state index in [0.29, 0.717) is 5.41 Å². The molecule has 1 fully saturated rings. The zero-order valence-corrected chi connectivity index (χ0v) is 13.8. The Kier molecular flexibility index (Phi) is 4.83. The second-order valence-corrected chi connectivity index (χ2v) is 8.00. The van der Waals surface area contributed by atoms with Crippen molar-refractivity contribution in [1.82, 2.24) is 10.2 Å². The highest BCUT2D eigenvalue weighted by Gasteiger charge is 2.35. The second-order valence-electron chi connectivity index (χ2n) is 7.03. The predicted octanol–water partition coefficient (Wildman–Crippen LogP) is 2.97. The van der Waals surface area contributed by atoms with Gasteiger partial charge in [-0.1, -0.05) is 31.0 Å². The largest absolute Gasteiger partial charge is 0.363 e. The molecule has 1 aliphatic carbocycles. The fourth-order valence-electron chi connectivity index (χ4n) is 2.71. The summed E-state index contributed by atoms with van der Waals surface area (Å²) in [6.45, 7) is 6.52. The number of aliphatic imine (C=N–C) groups is 1. The molecule has 19 heavy (non-hydrogen) atoms. The van der Waals surface area contributed by atoms with Gasteiger partial charge in [0.1, 0.15) is 0 Å². The van der Waals surface area contributed by atoms with Crippen LogP contribution in [-0.2, 0) is 0 Å². The van der Waals surface area contributed by atoms with Crippen LogP contribution in [0.25, 0.3) is 0 Å². The molecule has 1 aliphatic heterocycles. The van der Waals surface area contributed by atoms with E-state index in [1.807, 2.05) is 11.8 Å².